The van der Waals surface area contributed by atoms with Crippen LogP contribution in [0.5, 0.6) is 0 Å². The largest absolute Gasteiger partial charge is 0.444 e. The molecular weight excluding hydrogens is 414 g/mol. The van der Waals surface area contributed by atoms with E-state index in [2.05, 4.69) is 4.90 Å². The molecule has 9 nitrogen and oxygen atoms in total. The Bertz CT molecular complexity index is 728. The molecule has 1 spiro atoms. The van der Waals surface area contributed by atoms with Gasteiger partial charge in [0, 0.05) is 38.6 Å². The summed E-state index contributed by atoms with van der Waals surface area (Å²) in [6.07, 6.45) is 2.22. The van der Waals surface area contributed by atoms with Crippen LogP contribution < -0.4 is 0 Å². The second-order valence-electron chi connectivity index (χ2n) is 11.4. The fourth-order valence-electron chi connectivity index (χ4n) is 5.61. The summed E-state index contributed by atoms with van der Waals surface area (Å²) in [6.45, 7) is 10.8. The molecule has 4 rings (SSSR count). The number of hydrogen-bond acceptors (Lipinski definition) is 7. The predicted molar refractivity (Wildman–Crippen MR) is 117 cm³/mol. The Hall–Kier alpha value is -1.42. The first-order valence-electron chi connectivity index (χ1n) is 11.9. The zero-order chi connectivity index (χ0) is 23.3. The van der Waals surface area contributed by atoms with E-state index < -0.39 is 29.4 Å². The van der Waals surface area contributed by atoms with Gasteiger partial charge in [0.15, 0.2) is 0 Å². The zero-order valence-corrected chi connectivity index (χ0v) is 19.9. The average Bonchev–Trinajstić information content (AvgIpc) is 3.38. The fraction of sp³-hybridized carbons (Fsp3) is 0.913. The van der Waals surface area contributed by atoms with Gasteiger partial charge in [-0.1, -0.05) is 0 Å². The SMILES string of the molecule is CC1(O)CCN(C2COC3(CCN(C(=O)C4CC(O)CN4C(=O)OC(C)(C)C)CC3)C2)C1. The fourth-order valence-corrected chi connectivity index (χ4v) is 5.61. The summed E-state index contributed by atoms with van der Waals surface area (Å²) in [7, 11) is 0. The number of ether oxygens (including phenoxy) is 2. The highest BCUT2D eigenvalue weighted by Crippen LogP contribution is 2.39. The third-order valence-corrected chi connectivity index (χ3v) is 7.37. The molecule has 0 aromatic rings. The minimum Gasteiger partial charge on any atom is -0.444 e. The molecule has 0 aliphatic carbocycles. The molecule has 4 saturated heterocycles. The molecule has 4 heterocycles. The van der Waals surface area contributed by atoms with Crippen molar-refractivity contribution in [2.45, 2.75) is 94.8 Å². The highest BCUT2D eigenvalue weighted by molar-refractivity contribution is 5.86. The first kappa shape index (κ1) is 23.7. The monoisotopic (exact) mass is 453 g/mol. The number of β-amino-alcohol motifs (C(OH)–C–C–N with tert-alkyl or cyclic N) is 2. The molecule has 4 unspecified atom stereocenters. The highest BCUT2D eigenvalue weighted by Gasteiger charge is 2.49. The van der Waals surface area contributed by atoms with Crippen LogP contribution in [-0.2, 0) is 14.3 Å². The van der Waals surface area contributed by atoms with E-state index >= 15 is 0 Å². The van der Waals surface area contributed by atoms with Crippen molar-refractivity contribution in [1.82, 2.24) is 14.7 Å². The maximum atomic E-state index is 13.3. The van der Waals surface area contributed by atoms with Gasteiger partial charge >= 0.3 is 6.09 Å². The summed E-state index contributed by atoms with van der Waals surface area (Å²) in [5.41, 5.74) is -1.48. The van der Waals surface area contributed by atoms with Crippen LogP contribution in [0, 0.1) is 0 Å². The minimum atomic E-state index is -0.718. The van der Waals surface area contributed by atoms with E-state index in [9.17, 15) is 19.8 Å². The average molecular weight is 454 g/mol. The summed E-state index contributed by atoms with van der Waals surface area (Å²) >= 11 is 0. The third-order valence-electron chi connectivity index (χ3n) is 7.37. The lowest BCUT2D eigenvalue weighted by molar-refractivity contribution is -0.140. The van der Waals surface area contributed by atoms with Crippen LogP contribution in [0.25, 0.3) is 0 Å². The molecule has 32 heavy (non-hydrogen) atoms. The van der Waals surface area contributed by atoms with E-state index in [1.54, 1.807) is 20.8 Å². The molecule has 9 heteroatoms. The Balaban J connectivity index is 1.33. The Labute approximate surface area is 190 Å². The molecule has 0 saturated carbocycles. The van der Waals surface area contributed by atoms with Gasteiger partial charge in [0.25, 0.3) is 0 Å². The lowest BCUT2D eigenvalue weighted by atomic mass is 9.87. The molecule has 4 fully saturated rings. The van der Waals surface area contributed by atoms with Gasteiger partial charge in [0.2, 0.25) is 5.91 Å². The van der Waals surface area contributed by atoms with Crippen molar-refractivity contribution in [3.63, 3.8) is 0 Å². The van der Waals surface area contributed by atoms with Crippen molar-refractivity contribution in [2.24, 2.45) is 0 Å². The number of aliphatic hydroxyl groups is 2. The Morgan fingerprint density at radius 1 is 1.12 bits per heavy atom. The summed E-state index contributed by atoms with van der Waals surface area (Å²) < 4.78 is 11.7. The normalized spacial score (nSPS) is 35.6. The minimum absolute atomic E-state index is 0.118. The van der Waals surface area contributed by atoms with Crippen molar-refractivity contribution < 1.29 is 29.3 Å². The molecule has 4 aliphatic heterocycles. The molecule has 0 radical (unpaired) electrons. The molecule has 0 bridgehead atoms. The molecule has 4 aliphatic rings. The van der Waals surface area contributed by atoms with Crippen molar-refractivity contribution >= 4 is 12.0 Å². The van der Waals surface area contributed by atoms with Crippen molar-refractivity contribution in [1.29, 1.82) is 0 Å². The number of carbonyl (C=O) groups excluding carboxylic acids is 2. The van der Waals surface area contributed by atoms with Crippen LogP contribution >= 0.6 is 0 Å². The maximum absolute atomic E-state index is 13.3. The predicted octanol–water partition coefficient (Wildman–Crippen LogP) is 0.964. The number of piperidine rings is 1. The topological polar surface area (TPSA) is 103 Å². The van der Waals surface area contributed by atoms with Gasteiger partial charge in [-0.3, -0.25) is 14.6 Å². The smallest absolute Gasteiger partial charge is 0.411 e. The van der Waals surface area contributed by atoms with Crippen LogP contribution in [0.3, 0.4) is 0 Å². The highest BCUT2D eigenvalue weighted by atomic mass is 16.6. The Morgan fingerprint density at radius 2 is 1.81 bits per heavy atom. The van der Waals surface area contributed by atoms with E-state index in [1.165, 1.54) is 4.90 Å². The van der Waals surface area contributed by atoms with Gasteiger partial charge in [0.05, 0.1) is 30.5 Å². The van der Waals surface area contributed by atoms with E-state index in [-0.39, 0.29) is 24.5 Å². The zero-order valence-electron chi connectivity index (χ0n) is 19.9. The summed E-state index contributed by atoms with van der Waals surface area (Å²) in [6, 6.07) is -0.364. The number of likely N-dealkylation sites (tertiary alicyclic amines) is 3. The first-order chi connectivity index (χ1) is 14.9. The maximum Gasteiger partial charge on any atom is 0.411 e. The standard InChI is InChI=1S/C23H39N3O6/c1-21(2,3)32-20(29)26-13-17(27)11-18(26)19(28)24-9-6-23(7-10-24)12-16(14-31-23)25-8-5-22(4,30)15-25/h16-18,27,30H,5-15H2,1-4H3. The van der Waals surface area contributed by atoms with Crippen LogP contribution in [-0.4, -0.2) is 111 Å². The number of hydrogen-bond donors (Lipinski definition) is 2. The van der Waals surface area contributed by atoms with Gasteiger partial charge in [-0.25, -0.2) is 4.79 Å². The van der Waals surface area contributed by atoms with Gasteiger partial charge in [-0.2, -0.15) is 0 Å². The number of nitrogens with zero attached hydrogens (tertiary/aromatic N) is 3. The van der Waals surface area contributed by atoms with Gasteiger partial charge in [-0.15, -0.1) is 0 Å². The van der Waals surface area contributed by atoms with Crippen LogP contribution in [0.2, 0.25) is 0 Å². The van der Waals surface area contributed by atoms with Gasteiger partial charge in [-0.05, 0) is 53.4 Å². The van der Waals surface area contributed by atoms with E-state index in [0.717, 1.165) is 32.2 Å². The number of amides is 2. The Morgan fingerprint density at radius 3 is 2.41 bits per heavy atom. The lowest BCUT2D eigenvalue weighted by Gasteiger charge is -2.40. The third kappa shape index (κ3) is 5.05. The van der Waals surface area contributed by atoms with Crippen LogP contribution in [0.15, 0.2) is 0 Å². The molecule has 2 amide bonds. The van der Waals surface area contributed by atoms with Crippen LogP contribution in [0.4, 0.5) is 4.79 Å². The summed E-state index contributed by atoms with van der Waals surface area (Å²) in [5, 5.41) is 20.4. The van der Waals surface area contributed by atoms with Crippen molar-refractivity contribution in [3.8, 4) is 0 Å². The quantitative estimate of drug-likeness (QED) is 0.642. The van der Waals surface area contributed by atoms with Crippen molar-refractivity contribution in [2.75, 3.05) is 39.3 Å². The Kier molecular flexibility index (Phi) is 6.24. The van der Waals surface area contributed by atoms with Gasteiger partial charge in [0.1, 0.15) is 11.6 Å². The lowest BCUT2D eigenvalue weighted by Crippen LogP contribution is -2.53. The van der Waals surface area contributed by atoms with Crippen molar-refractivity contribution in [3.05, 3.63) is 0 Å². The molecule has 182 valence electrons. The van der Waals surface area contributed by atoms with E-state index in [1.807, 2.05) is 11.8 Å². The molecule has 2 N–H and O–H groups in total. The van der Waals surface area contributed by atoms with Crippen LogP contribution in [0.1, 0.15) is 59.8 Å². The number of carbonyl (C=O) groups is 2. The molecular formula is C23H39N3O6. The van der Waals surface area contributed by atoms with E-state index in [4.69, 9.17) is 9.47 Å². The van der Waals surface area contributed by atoms with E-state index in [0.29, 0.717) is 32.3 Å². The van der Waals surface area contributed by atoms with Gasteiger partial charge < -0.3 is 24.6 Å². The number of rotatable bonds is 2. The molecule has 4 atom stereocenters. The molecule has 0 aromatic carbocycles. The molecule has 0 aromatic heterocycles. The summed E-state index contributed by atoms with van der Waals surface area (Å²) in [5.74, 6) is -0.118. The summed E-state index contributed by atoms with van der Waals surface area (Å²) in [4.78, 5) is 31.4. The number of aliphatic hydroxyl groups excluding tert-OH is 1. The second-order valence-corrected chi connectivity index (χ2v) is 11.4. The first-order valence-corrected chi connectivity index (χ1v) is 11.9. The second kappa shape index (κ2) is 8.42.